The number of hydrogen-bond donors (Lipinski definition) is 2. The first kappa shape index (κ1) is 11.5. The highest BCUT2D eigenvalue weighted by molar-refractivity contribution is 5.03. The van der Waals surface area contributed by atoms with Crippen LogP contribution in [-0.4, -0.2) is 23.8 Å². The van der Waals surface area contributed by atoms with Crippen molar-refractivity contribution in [2.75, 3.05) is 6.54 Å². The van der Waals surface area contributed by atoms with Gasteiger partial charge in [0.15, 0.2) is 0 Å². The molecule has 3 heteroatoms. The Morgan fingerprint density at radius 1 is 1.57 bits per heavy atom. The lowest BCUT2D eigenvalue weighted by atomic mass is 9.64. The largest absolute Gasteiger partial charge is 0.392 e. The van der Waals surface area contributed by atoms with E-state index >= 15 is 0 Å². The van der Waals surface area contributed by atoms with Crippen LogP contribution in [0.2, 0.25) is 0 Å². The van der Waals surface area contributed by atoms with Gasteiger partial charge in [-0.25, -0.2) is 0 Å². The molecule has 2 N–H and O–H groups in total. The van der Waals surface area contributed by atoms with Crippen LogP contribution in [0.25, 0.3) is 0 Å². The highest BCUT2D eigenvalue weighted by Crippen LogP contribution is 2.40. The van der Waals surface area contributed by atoms with Crippen molar-refractivity contribution < 1.29 is 5.11 Å². The van der Waals surface area contributed by atoms with Crippen LogP contribution in [0.1, 0.15) is 34.1 Å². The van der Waals surface area contributed by atoms with Crippen LogP contribution in [0.4, 0.5) is 0 Å². The number of aliphatic hydroxyl groups excluding tert-OH is 1. The minimum atomic E-state index is -0.323. The first-order chi connectivity index (χ1) is 6.29. The minimum Gasteiger partial charge on any atom is -0.392 e. The van der Waals surface area contributed by atoms with Gasteiger partial charge in [0, 0.05) is 18.0 Å². The summed E-state index contributed by atoms with van der Waals surface area (Å²) >= 11 is 0. The van der Waals surface area contributed by atoms with Crippen LogP contribution in [-0.2, 0) is 0 Å². The van der Waals surface area contributed by atoms with Crippen molar-refractivity contribution in [1.29, 1.82) is 5.26 Å². The van der Waals surface area contributed by atoms with Crippen LogP contribution in [0.15, 0.2) is 0 Å². The first-order valence-electron chi connectivity index (χ1n) is 5.12. The summed E-state index contributed by atoms with van der Waals surface area (Å²) in [6.07, 6.45) is 0.597. The Labute approximate surface area is 86.1 Å². The molecule has 0 aromatic heterocycles. The van der Waals surface area contributed by atoms with Crippen molar-refractivity contribution in [2.24, 2.45) is 10.8 Å². The van der Waals surface area contributed by atoms with E-state index in [1.807, 2.05) is 13.8 Å². The molecule has 0 saturated heterocycles. The van der Waals surface area contributed by atoms with Gasteiger partial charge in [-0.15, -0.1) is 0 Å². The monoisotopic (exact) mass is 196 g/mol. The Balaban J connectivity index is 2.39. The van der Waals surface area contributed by atoms with Gasteiger partial charge in [-0.1, -0.05) is 13.8 Å². The third-order valence-corrected chi connectivity index (χ3v) is 3.31. The highest BCUT2D eigenvalue weighted by atomic mass is 16.3. The summed E-state index contributed by atoms with van der Waals surface area (Å²) in [5.74, 6) is 0. The summed E-state index contributed by atoms with van der Waals surface area (Å²) in [6.45, 7) is 8.63. The van der Waals surface area contributed by atoms with Gasteiger partial charge >= 0.3 is 0 Å². The fourth-order valence-corrected chi connectivity index (χ4v) is 1.67. The zero-order chi connectivity index (χ0) is 11.0. The molecule has 1 fully saturated rings. The summed E-state index contributed by atoms with van der Waals surface area (Å²) in [5.41, 5.74) is -0.373. The fraction of sp³-hybridized carbons (Fsp3) is 0.909. The number of nitrogens with zero attached hydrogens (tertiary/aromatic N) is 1. The van der Waals surface area contributed by atoms with Gasteiger partial charge in [-0.05, 0) is 20.3 Å². The van der Waals surface area contributed by atoms with E-state index in [-0.39, 0.29) is 16.9 Å². The van der Waals surface area contributed by atoms with E-state index in [1.165, 1.54) is 0 Å². The summed E-state index contributed by atoms with van der Waals surface area (Å²) in [5, 5.41) is 21.7. The van der Waals surface area contributed by atoms with Crippen molar-refractivity contribution in [1.82, 2.24) is 5.32 Å². The molecule has 1 aliphatic carbocycles. The lowest BCUT2D eigenvalue weighted by Gasteiger charge is -2.50. The maximum atomic E-state index is 9.53. The molecule has 2 atom stereocenters. The van der Waals surface area contributed by atoms with Gasteiger partial charge in [0.2, 0.25) is 0 Å². The number of aliphatic hydroxyl groups is 1. The predicted molar refractivity (Wildman–Crippen MR) is 55.6 cm³/mol. The Hall–Kier alpha value is -0.590. The van der Waals surface area contributed by atoms with E-state index in [9.17, 15) is 5.11 Å². The van der Waals surface area contributed by atoms with Crippen molar-refractivity contribution in [3.8, 4) is 6.07 Å². The molecule has 0 aromatic carbocycles. The van der Waals surface area contributed by atoms with E-state index in [4.69, 9.17) is 5.26 Å². The molecule has 1 aliphatic rings. The molecular formula is C11H20N2O. The zero-order valence-electron chi connectivity index (χ0n) is 9.46. The highest BCUT2D eigenvalue weighted by Gasteiger charge is 2.47. The molecule has 80 valence electrons. The van der Waals surface area contributed by atoms with Crippen LogP contribution in [0.5, 0.6) is 0 Å². The molecule has 0 aromatic rings. The van der Waals surface area contributed by atoms with Crippen LogP contribution >= 0.6 is 0 Å². The van der Waals surface area contributed by atoms with E-state index < -0.39 is 0 Å². The third-order valence-electron chi connectivity index (χ3n) is 3.31. The zero-order valence-corrected chi connectivity index (χ0v) is 9.46. The molecule has 0 heterocycles. The van der Waals surface area contributed by atoms with Crippen molar-refractivity contribution >= 4 is 0 Å². The number of nitrogens with one attached hydrogen (secondary N) is 1. The van der Waals surface area contributed by atoms with Crippen molar-refractivity contribution in [3.63, 3.8) is 0 Å². The number of nitriles is 1. The van der Waals surface area contributed by atoms with E-state index in [1.54, 1.807) is 0 Å². The van der Waals surface area contributed by atoms with Gasteiger partial charge in [-0.3, -0.25) is 0 Å². The molecular weight excluding hydrogens is 176 g/mol. The fourth-order valence-electron chi connectivity index (χ4n) is 1.67. The maximum Gasteiger partial charge on any atom is 0.0697 e. The first-order valence-corrected chi connectivity index (χ1v) is 5.12. The lowest BCUT2D eigenvalue weighted by molar-refractivity contribution is -0.0737. The molecule has 1 rings (SSSR count). The second kappa shape index (κ2) is 3.52. The van der Waals surface area contributed by atoms with E-state index in [2.05, 4.69) is 25.2 Å². The van der Waals surface area contributed by atoms with Gasteiger partial charge in [0.05, 0.1) is 17.6 Å². The summed E-state index contributed by atoms with van der Waals surface area (Å²) in [4.78, 5) is 0. The Kier molecular flexibility index (Phi) is 2.89. The summed E-state index contributed by atoms with van der Waals surface area (Å²) in [7, 11) is 0. The molecule has 0 amide bonds. The van der Waals surface area contributed by atoms with Crippen LogP contribution < -0.4 is 5.32 Å². The summed E-state index contributed by atoms with van der Waals surface area (Å²) in [6, 6.07) is 2.60. The molecule has 0 radical (unpaired) electrons. The Morgan fingerprint density at radius 3 is 2.50 bits per heavy atom. The number of rotatable bonds is 3. The average Bonchev–Trinajstić information content (AvgIpc) is 2.12. The Bertz CT molecular complexity index is 253. The maximum absolute atomic E-state index is 9.53. The summed E-state index contributed by atoms with van der Waals surface area (Å²) < 4.78 is 0. The molecule has 0 spiro atoms. The van der Waals surface area contributed by atoms with Gasteiger partial charge in [0.25, 0.3) is 0 Å². The van der Waals surface area contributed by atoms with Crippen LogP contribution in [0, 0.1) is 22.2 Å². The van der Waals surface area contributed by atoms with E-state index in [0.717, 1.165) is 6.42 Å². The number of hydrogen-bond acceptors (Lipinski definition) is 3. The lowest BCUT2D eigenvalue weighted by Crippen LogP contribution is -2.61. The topological polar surface area (TPSA) is 56.0 Å². The van der Waals surface area contributed by atoms with E-state index in [0.29, 0.717) is 12.6 Å². The molecule has 0 bridgehead atoms. The minimum absolute atomic E-state index is 0.0501. The second-order valence-electron chi connectivity index (χ2n) is 5.50. The normalized spacial score (nSPS) is 30.6. The molecule has 14 heavy (non-hydrogen) atoms. The van der Waals surface area contributed by atoms with Crippen molar-refractivity contribution in [2.45, 2.75) is 46.3 Å². The van der Waals surface area contributed by atoms with Gasteiger partial charge in [0.1, 0.15) is 0 Å². The third kappa shape index (κ3) is 2.08. The smallest absolute Gasteiger partial charge is 0.0697 e. The average molecular weight is 196 g/mol. The molecule has 3 nitrogen and oxygen atoms in total. The van der Waals surface area contributed by atoms with Crippen LogP contribution in [0.3, 0.4) is 0 Å². The Morgan fingerprint density at radius 2 is 2.14 bits per heavy atom. The molecule has 0 aliphatic heterocycles. The quantitative estimate of drug-likeness (QED) is 0.715. The predicted octanol–water partition coefficient (Wildman–Crippen LogP) is 1.29. The second-order valence-corrected chi connectivity index (χ2v) is 5.50. The van der Waals surface area contributed by atoms with Crippen molar-refractivity contribution in [3.05, 3.63) is 0 Å². The molecule has 1 saturated carbocycles. The SMILES string of the molecule is CC(C)(C#N)CNC1CC(O)C1(C)C. The van der Waals surface area contributed by atoms with Gasteiger partial charge < -0.3 is 10.4 Å². The standard InChI is InChI=1S/C11H20N2O/c1-10(2,6-12)7-13-8-5-9(14)11(8,3)4/h8-9,13-14H,5,7H2,1-4H3. The van der Waals surface area contributed by atoms with Gasteiger partial charge in [-0.2, -0.15) is 5.26 Å². The molecule has 2 unspecified atom stereocenters.